The zero-order chi connectivity index (χ0) is 14.2. The number of nitrogens with zero attached hydrogens (tertiary/aromatic N) is 1. The Bertz CT molecular complexity index is 832. The molecule has 0 saturated heterocycles. The third kappa shape index (κ3) is 2.22. The van der Waals surface area contributed by atoms with Crippen LogP contribution in [0.25, 0.3) is 17.0 Å². The summed E-state index contributed by atoms with van der Waals surface area (Å²) in [5.41, 5.74) is 3.69. The van der Waals surface area contributed by atoms with Gasteiger partial charge in [-0.1, -0.05) is 54.1 Å². The standard InChI is InChI=1S/C18H15ClN2/c19-14-6-3-5-13(11-14)12-21-10-4-8-16-15-7-1-2-9-17(15)20-18(16)21/h1-9,11,20H,10,12H2. The Hall–Kier alpha value is -2.19. The molecule has 0 saturated carbocycles. The molecule has 2 aromatic carbocycles. The first-order valence-corrected chi connectivity index (χ1v) is 7.46. The van der Waals surface area contributed by atoms with Crippen LogP contribution in [-0.4, -0.2) is 11.5 Å². The van der Waals surface area contributed by atoms with Crippen LogP contribution in [0.2, 0.25) is 5.02 Å². The van der Waals surface area contributed by atoms with Crippen LogP contribution in [0.5, 0.6) is 0 Å². The monoisotopic (exact) mass is 294 g/mol. The van der Waals surface area contributed by atoms with Crippen LogP contribution in [0, 0.1) is 0 Å². The summed E-state index contributed by atoms with van der Waals surface area (Å²) < 4.78 is 0. The third-order valence-electron chi connectivity index (χ3n) is 3.91. The number of nitrogens with one attached hydrogen (secondary N) is 1. The van der Waals surface area contributed by atoms with E-state index in [0.717, 1.165) is 18.1 Å². The number of halogens is 1. The number of benzene rings is 2. The number of para-hydroxylation sites is 1. The van der Waals surface area contributed by atoms with Crippen LogP contribution in [0.1, 0.15) is 11.1 Å². The number of hydrogen-bond acceptors (Lipinski definition) is 1. The van der Waals surface area contributed by atoms with Gasteiger partial charge in [-0.2, -0.15) is 0 Å². The average molecular weight is 295 g/mol. The van der Waals surface area contributed by atoms with Gasteiger partial charge in [0.15, 0.2) is 0 Å². The van der Waals surface area contributed by atoms with E-state index in [1.165, 1.54) is 27.8 Å². The van der Waals surface area contributed by atoms with Crippen molar-refractivity contribution in [2.45, 2.75) is 6.54 Å². The number of rotatable bonds is 2. The average Bonchev–Trinajstić information content (AvgIpc) is 2.87. The van der Waals surface area contributed by atoms with Gasteiger partial charge in [-0.15, -0.1) is 0 Å². The fourth-order valence-corrected chi connectivity index (χ4v) is 3.17. The zero-order valence-corrected chi connectivity index (χ0v) is 12.3. The Morgan fingerprint density at radius 1 is 1.10 bits per heavy atom. The first kappa shape index (κ1) is 12.5. The molecular formula is C18H15ClN2. The maximum Gasteiger partial charge on any atom is 0.114 e. The van der Waals surface area contributed by atoms with Crippen LogP contribution >= 0.6 is 11.6 Å². The SMILES string of the molecule is Clc1cccc(CN2CC=Cc3c2[nH]c2ccccc32)c1. The van der Waals surface area contributed by atoms with Crippen LogP contribution in [-0.2, 0) is 6.54 Å². The molecule has 0 amide bonds. The summed E-state index contributed by atoms with van der Waals surface area (Å²) in [7, 11) is 0. The molecule has 1 aliphatic rings. The van der Waals surface area contributed by atoms with Crippen molar-refractivity contribution >= 4 is 34.4 Å². The summed E-state index contributed by atoms with van der Waals surface area (Å²) >= 11 is 6.09. The molecular weight excluding hydrogens is 280 g/mol. The molecule has 104 valence electrons. The van der Waals surface area contributed by atoms with Crippen molar-refractivity contribution in [3.05, 3.63) is 70.8 Å². The molecule has 0 fully saturated rings. The molecule has 0 atom stereocenters. The van der Waals surface area contributed by atoms with E-state index in [1.807, 2.05) is 18.2 Å². The molecule has 2 nitrogen and oxygen atoms in total. The number of aromatic amines is 1. The highest BCUT2D eigenvalue weighted by Crippen LogP contribution is 2.33. The van der Waals surface area contributed by atoms with Crippen molar-refractivity contribution in [3.63, 3.8) is 0 Å². The number of anilines is 1. The molecule has 0 radical (unpaired) electrons. The lowest BCUT2D eigenvalue weighted by Gasteiger charge is -2.25. The highest BCUT2D eigenvalue weighted by atomic mass is 35.5. The molecule has 0 bridgehead atoms. The van der Waals surface area contributed by atoms with Gasteiger partial charge < -0.3 is 9.88 Å². The van der Waals surface area contributed by atoms with Crippen molar-refractivity contribution in [1.29, 1.82) is 0 Å². The van der Waals surface area contributed by atoms with Crippen LogP contribution in [0.4, 0.5) is 5.82 Å². The summed E-state index contributed by atoms with van der Waals surface area (Å²) in [6, 6.07) is 16.5. The van der Waals surface area contributed by atoms with E-state index in [-0.39, 0.29) is 0 Å². The quantitative estimate of drug-likeness (QED) is 0.715. The smallest absolute Gasteiger partial charge is 0.114 e. The molecule has 1 N–H and O–H groups in total. The van der Waals surface area contributed by atoms with E-state index in [0.29, 0.717) is 0 Å². The Kier molecular flexibility index (Phi) is 2.97. The van der Waals surface area contributed by atoms with Gasteiger partial charge in [-0.3, -0.25) is 0 Å². The summed E-state index contributed by atoms with van der Waals surface area (Å²) in [6.45, 7) is 1.76. The Labute approximate surface area is 128 Å². The van der Waals surface area contributed by atoms with E-state index >= 15 is 0 Å². The second-order valence-corrected chi connectivity index (χ2v) is 5.78. The van der Waals surface area contributed by atoms with Crippen LogP contribution < -0.4 is 4.90 Å². The maximum absolute atomic E-state index is 6.09. The van der Waals surface area contributed by atoms with Crippen molar-refractivity contribution in [2.75, 3.05) is 11.4 Å². The maximum atomic E-state index is 6.09. The molecule has 21 heavy (non-hydrogen) atoms. The topological polar surface area (TPSA) is 19.0 Å². The van der Waals surface area contributed by atoms with E-state index < -0.39 is 0 Å². The summed E-state index contributed by atoms with van der Waals surface area (Å²) in [5.74, 6) is 1.19. The van der Waals surface area contributed by atoms with Crippen LogP contribution in [0.15, 0.2) is 54.6 Å². The number of hydrogen-bond donors (Lipinski definition) is 1. The van der Waals surface area contributed by atoms with E-state index in [2.05, 4.69) is 52.4 Å². The molecule has 1 aromatic heterocycles. The molecule has 4 rings (SSSR count). The minimum Gasteiger partial charge on any atom is -0.350 e. The molecule has 3 heteroatoms. The zero-order valence-electron chi connectivity index (χ0n) is 11.5. The predicted molar refractivity (Wildman–Crippen MR) is 89.8 cm³/mol. The lowest BCUT2D eigenvalue weighted by atomic mass is 10.1. The molecule has 0 aliphatic carbocycles. The Morgan fingerprint density at radius 2 is 2.00 bits per heavy atom. The van der Waals surface area contributed by atoms with Gasteiger partial charge in [0.2, 0.25) is 0 Å². The van der Waals surface area contributed by atoms with E-state index in [4.69, 9.17) is 11.6 Å². The fourth-order valence-electron chi connectivity index (χ4n) is 2.96. The van der Waals surface area contributed by atoms with Crippen molar-refractivity contribution in [3.8, 4) is 0 Å². The molecule has 1 aliphatic heterocycles. The van der Waals surface area contributed by atoms with Gasteiger partial charge in [0.1, 0.15) is 5.82 Å². The largest absolute Gasteiger partial charge is 0.350 e. The molecule has 3 aromatic rings. The lowest BCUT2D eigenvalue weighted by molar-refractivity contribution is 0.847. The van der Waals surface area contributed by atoms with E-state index in [1.54, 1.807) is 0 Å². The van der Waals surface area contributed by atoms with Crippen LogP contribution in [0.3, 0.4) is 0 Å². The number of fused-ring (bicyclic) bond motifs is 3. The first-order valence-electron chi connectivity index (χ1n) is 7.08. The first-order chi connectivity index (χ1) is 10.3. The number of H-pyrrole nitrogens is 1. The van der Waals surface area contributed by atoms with Gasteiger partial charge in [-0.25, -0.2) is 0 Å². The third-order valence-corrected chi connectivity index (χ3v) is 4.15. The highest BCUT2D eigenvalue weighted by Gasteiger charge is 2.18. The van der Waals surface area contributed by atoms with Crippen molar-refractivity contribution in [2.24, 2.45) is 0 Å². The second-order valence-electron chi connectivity index (χ2n) is 5.35. The fraction of sp³-hybridized carbons (Fsp3) is 0.111. The minimum atomic E-state index is 0.789. The van der Waals surface area contributed by atoms with Crippen molar-refractivity contribution in [1.82, 2.24) is 4.98 Å². The number of aromatic nitrogens is 1. The Morgan fingerprint density at radius 3 is 2.90 bits per heavy atom. The van der Waals surface area contributed by atoms with Gasteiger partial charge in [0.25, 0.3) is 0 Å². The predicted octanol–water partition coefficient (Wildman–Crippen LogP) is 4.85. The highest BCUT2D eigenvalue weighted by molar-refractivity contribution is 6.30. The van der Waals surface area contributed by atoms with Gasteiger partial charge >= 0.3 is 0 Å². The Balaban J connectivity index is 1.75. The normalized spacial score (nSPS) is 13.7. The second kappa shape index (κ2) is 4.97. The van der Waals surface area contributed by atoms with Gasteiger partial charge in [0.05, 0.1) is 0 Å². The lowest BCUT2D eigenvalue weighted by Crippen LogP contribution is -2.25. The minimum absolute atomic E-state index is 0.789. The van der Waals surface area contributed by atoms with Gasteiger partial charge in [-0.05, 0) is 23.8 Å². The van der Waals surface area contributed by atoms with Gasteiger partial charge in [0, 0.05) is 34.6 Å². The molecule has 0 unspecified atom stereocenters. The molecule has 0 spiro atoms. The van der Waals surface area contributed by atoms with Crippen molar-refractivity contribution < 1.29 is 0 Å². The summed E-state index contributed by atoms with van der Waals surface area (Å²) in [5, 5.41) is 2.07. The molecule has 2 heterocycles. The summed E-state index contributed by atoms with van der Waals surface area (Å²) in [4.78, 5) is 5.89. The van der Waals surface area contributed by atoms with E-state index in [9.17, 15) is 0 Å². The summed E-state index contributed by atoms with van der Waals surface area (Å²) in [6.07, 6.45) is 4.43.